The second-order valence-corrected chi connectivity index (χ2v) is 5.12. The smallest absolute Gasteiger partial charge is 0.165 e. The van der Waals surface area contributed by atoms with E-state index in [1.807, 2.05) is 0 Å². The summed E-state index contributed by atoms with van der Waals surface area (Å²) in [5, 5.41) is 9.36. The van der Waals surface area contributed by atoms with E-state index >= 15 is 0 Å². The molecular formula is C15H22FNO2. The first-order valence-electron chi connectivity index (χ1n) is 6.99. The van der Waals surface area contributed by atoms with E-state index in [0.717, 1.165) is 13.0 Å². The van der Waals surface area contributed by atoms with Gasteiger partial charge in [-0.3, -0.25) is 0 Å². The van der Waals surface area contributed by atoms with E-state index < -0.39 is 11.9 Å². The van der Waals surface area contributed by atoms with Crippen molar-refractivity contribution in [1.82, 2.24) is 4.90 Å². The molecule has 0 aliphatic carbocycles. The zero-order valence-corrected chi connectivity index (χ0v) is 11.4. The third kappa shape index (κ3) is 4.18. The molecule has 3 nitrogen and oxygen atoms in total. The molecule has 1 aliphatic heterocycles. The molecular weight excluding hydrogens is 245 g/mol. The summed E-state index contributed by atoms with van der Waals surface area (Å²) < 4.78 is 19.1. The molecule has 0 saturated carbocycles. The van der Waals surface area contributed by atoms with E-state index in [4.69, 9.17) is 4.74 Å². The molecule has 1 heterocycles. The summed E-state index contributed by atoms with van der Waals surface area (Å²) in [6.45, 7) is 5.52. The number of hydrogen-bond acceptors (Lipinski definition) is 3. The molecule has 0 spiro atoms. The predicted molar refractivity (Wildman–Crippen MR) is 72.8 cm³/mol. The highest BCUT2D eigenvalue weighted by molar-refractivity contribution is 5.30. The average Bonchev–Trinajstić information content (AvgIpc) is 2.89. The van der Waals surface area contributed by atoms with E-state index in [0.29, 0.717) is 12.2 Å². The number of rotatable bonds is 6. The van der Waals surface area contributed by atoms with Crippen molar-refractivity contribution in [2.24, 2.45) is 0 Å². The van der Waals surface area contributed by atoms with E-state index in [2.05, 4.69) is 4.90 Å². The van der Waals surface area contributed by atoms with Crippen molar-refractivity contribution < 1.29 is 14.2 Å². The number of nitrogens with zero attached hydrogens (tertiary/aromatic N) is 1. The van der Waals surface area contributed by atoms with Crippen LogP contribution in [0.3, 0.4) is 0 Å². The lowest BCUT2D eigenvalue weighted by Crippen LogP contribution is -2.22. The Balaban J connectivity index is 1.76. The Morgan fingerprint density at radius 2 is 2.11 bits per heavy atom. The molecule has 1 aromatic carbocycles. The van der Waals surface area contributed by atoms with Crippen LogP contribution in [0.15, 0.2) is 18.2 Å². The molecule has 1 aliphatic rings. The molecule has 1 aromatic rings. The molecule has 19 heavy (non-hydrogen) atoms. The van der Waals surface area contributed by atoms with Gasteiger partial charge in [-0.05, 0) is 57.0 Å². The van der Waals surface area contributed by atoms with Gasteiger partial charge in [0, 0.05) is 6.54 Å². The Hall–Kier alpha value is -1.13. The predicted octanol–water partition coefficient (Wildman–Crippen LogP) is 2.74. The summed E-state index contributed by atoms with van der Waals surface area (Å²) in [4.78, 5) is 2.41. The third-order valence-electron chi connectivity index (χ3n) is 3.51. The van der Waals surface area contributed by atoms with Gasteiger partial charge in [-0.15, -0.1) is 0 Å². The first-order chi connectivity index (χ1) is 9.16. The van der Waals surface area contributed by atoms with Crippen LogP contribution in [0.5, 0.6) is 5.75 Å². The van der Waals surface area contributed by atoms with Crippen molar-refractivity contribution in [2.75, 3.05) is 26.2 Å². The molecule has 106 valence electrons. The minimum Gasteiger partial charge on any atom is -0.490 e. The van der Waals surface area contributed by atoms with Crippen LogP contribution >= 0.6 is 0 Å². The molecule has 0 amide bonds. The Morgan fingerprint density at radius 1 is 1.37 bits per heavy atom. The van der Waals surface area contributed by atoms with Crippen molar-refractivity contribution in [2.45, 2.75) is 32.3 Å². The summed E-state index contributed by atoms with van der Waals surface area (Å²) in [6, 6.07) is 4.62. The van der Waals surface area contributed by atoms with Crippen LogP contribution in [-0.4, -0.2) is 36.2 Å². The van der Waals surface area contributed by atoms with Gasteiger partial charge in [-0.2, -0.15) is 0 Å². The first-order valence-corrected chi connectivity index (χ1v) is 6.99. The van der Waals surface area contributed by atoms with Crippen LogP contribution in [0.4, 0.5) is 4.39 Å². The fraction of sp³-hybridized carbons (Fsp3) is 0.600. The van der Waals surface area contributed by atoms with Crippen LogP contribution < -0.4 is 4.74 Å². The maximum absolute atomic E-state index is 13.7. The Bertz CT molecular complexity index is 403. The zero-order valence-electron chi connectivity index (χ0n) is 11.4. The lowest BCUT2D eigenvalue weighted by molar-refractivity contribution is 0.198. The minimum atomic E-state index is -0.654. The molecule has 1 fully saturated rings. The number of hydrogen-bond donors (Lipinski definition) is 1. The monoisotopic (exact) mass is 267 g/mol. The van der Waals surface area contributed by atoms with Gasteiger partial charge in [0.25, 0.3) is 0 Å². The van der Waals surface area contributed by atoms with Crippen LogP contribution in [-0.2, 0) is 0 Å². The number of ether oxygens (including phenoxy) is 1. The van der Waals surface area contributed by atoms with Crippen molar-refractivity contribution in [3.05, 3.63) is 29.6 Å². The molecule has 0 bridgehead atoms. The molecule has 1 atom stereocenters. The van der Waals surface area contributed by atoms with Crippen molar-refractivity contribution in [1.29, 1.82) is 0 Å². The van der Waals surface area contributed by atoms with Crippen molar-refractivity contribution in [3.8, 4) is 5.75 Å². The summed E-state index contributed by atoms with van der Waals surface area (Å²) >= 11 is 0. The molecule has 1 N–H and O–H groups in total. The highest BCUT2D eigenvalue weighted by Crippen LogP contribution is 2.22. The van der Waals surface area contributed by atoms with Gasteiger partial charge in [0.2, 0.25) is 0 Å². The van der Waals surface area contributed by atoms with Crippen LogP contribution in [0.1, 0.15) is 37.9 Å². The standard InChI is InChI=1S/C15H22FNO2/c1-12(18)13-5-6-15(14(16)11-13)19-10-4-9-17-7-2-3-8-17/h5-6,11-12,18H,2-4,7-10H2,1H3/t12-/m0/s1. The summed E-state index contributed by atoms with van der Waals surface area (Å²) in [6.07, 6.45) is 2.84. The van der Waals surface area contributed by atoms with E-state index in [1.54, 1.807) is 19.1 Å². The lowest BCUT2D eigenvalue weighted by Gasteiger charge is -2.15. The van der Waals surface area contributed by atoms with Gasteiger partial charge in [0.1, 0.15) is 0 Å². The molecule has 2 rings (SSSR count). The highest BCUT2D eigenvalue weighted by atomic mass is 19.1. The Kier molecular flexibility index (Phi) is 5.16. The summed E-state index contributed by atoms with van der Waals surface area (Å²) in [7, 11) is 0. The van der Waals surface area contributed by atoms with Gasteiger partial charge in [-0.1, -0.05) is 6.07 Å². The minimum absolute atomic E-state index is 0.269. The van der Waals surface area contributed by atoms with Crippen molar-refractivity contribution in [3.63, 3.8) is 0 Å². The fourth-order valence-corrected chi connectivity index (χ4v) is 2.37. The van der Waals surface area contributed by atoms with Crippen LogP contribution in [0.25, 0.3) is 0 Å². The molecule has 0 radical (unpaired) electrons. The zero-order chi connectivity index (χ0) is 13.7. The topological polar surface area (TPSA) is 32.7 Å². The van der Waals surface area contributed by atoms with Crippen LogP contribution in [0, 0.1) is 5.82 Å². The SMILES string of the molecule is C[C@H](O)c1ccc(OCCCN2CCCC2)c(F)c1. The fourth-order valence-electron chi connectivity index (χ4n) is 2.37. The maximum Gasteiger partial charge on any atom is 0.165 e. The van der Waals surface area contributed by atoms with E-state index in [9.17, 15) is 9.50 Å². The first kappa shape index (κ1) is 14.3. The number of aliphatic hydroxyl groups is 1. The third-order valence-corrected chi connectivity index (χ3v) is 3.51. The van der Waals surface area contributed by atoms with E-state index in [-0.39, 0.29) is 5.75 Å². The second kappa shape index (κ2) is 6.87. The van der Waals surface area contributed by atoms with Gasteiger partial charge < -0.3 is 14.7 Å². The quantitative estimate of drug-likeness (QED) is 0.804. The average molecular weight is 267 g/mol. The Morgan fingerprint density at radius 3 is 2.74 bits per heavy atom. The summed E-state index contributed by atoms with van der Waals surface area (Å²) in [5.74, 6) is -0.134. The van der Waals surface area contributed by atoms with E-state index in [1.165, 1.54) is 32.0 Å². The van der Waals surface area contributed by atoms with Gasteiger partial charge >= 0.3 is 0 Å². The summed E-state index contributed by atoms with van der Waals surface area (Å²) in [5.41, 5.74) is 0.571. The molecule has 1 saturated heterocycles. The number of aliphatic hydroxyl groups excluding tert-OH is 1. The normalized spacial score (nSPS) is 17.6. The van der Waals surface area contributed by atoms with Crippen molar-refractivity contribution >= 4 is 0 Å². The lowest BCUT2D eigenvalue weighted by atomic mass is 10.1. The van der Waals surface area contributed by atoms with Crippen LogP contribution in [0.2, 0.25) is 0 Å². The number of halogens is 1. The highest BCUT2D eigenvalue weighted by Gasteiger charge is 2.11. The maximum atomic E-state index is 13.7. The van der Waals surface area contributed by atoms with Gasteiger partial charge in [0.15, 0.2) is 11.6 Å². The molecule has 0 aromatic heterocycles. The number of likely N-dealkylation sites (tertiary alicyclic amines) is 1. The molecule has 0 unspecified atom stereocenters. The van der Waals surface area contributed by atoms with Gasteiger partial charge in [0.05, 0.1) is 12.7 Å². The second-order valence-electron chi connectivity index (χ2n) is 5.12. The number of benzene rings is 1. The molecule has 4 heteroatoms. The Labute approximate surface area is 114 Å². The largest absolute Gasteiger partial charge is 0.490 e. The van der Waals surface area contributed by atoms with Gasteiger partial charge in [-0.25, -0.2) is 4.39 Å².